The molecule has 0 aliphatic carbocycles. The van der Waals surface area contributed by atoms with Crippen molar-refractivity contribution in [1.82, 2.24) is 10.2 Å². The molecule has 0 atom stereocenters. The summed E-state index contributed by atoms with van der Waals surface area (Å²) in [6.45, 7) is 4.54. The van der Waals surface area contributed by atoms with E-state index in [0.717, 1.165) is 42.7 Å². The minimum Gasteiger partial charge on any atom is -0.464 e. The van der Waals surface area contributed by atoms with Crippen molar-refractivity contribution in [2.75, 3.05) is 26.2 Å². The van der Waals surface area contributed by atoms with E-state index >= 15 is 0 Å². The molecule has 0 saturated carbocycles. The molecule has 0 spiro atoms. The van der Waals surface area contributed by atoms with Crippen LogP contribution in [0.2, 0.25) is 0 Å². The topological polar surface area (TPSA) is 28.4 Å². The molecule has 0 bridgehead atoms. The first kappa shape index (κ1) is 10.7. The Kier molecular flexibility index (Phi) is 2.82. The van der Waals surface area contributed by atoms with Crippen LogP contribution in [-0.2, 0) is 6.54 Å². The number of fused-ring (bicyclic) bond motifs is 1. The molecular weight excluding hydrogens is 219 g/mol. The van der Waals surface area contributed by atoms with Crippen molar-refractivity contribution in [2.24, 2.45) is 0 Å². The molecule has 2 aromatic rings. The van der Waals surface area contributed by atoms with Crippen molar-refractivity contribution in [2.45, 2.75) is 6.54 Å². The largest absolute Gasteiger partial charge is 0.464 e. The minimum atomic E-state index is -0.141. The fraction of sp³-hybridized carbons (Fsp3) is 0.385. The molecule has 1 aliphatic rings. The van der Waals surface area contributed by atoms with Crippen molar-refractivity contribution in [3.63, 3.8) is 0 Å². The average molecular weight is 234 g/mol. The summed E-state index contributed by atoms with van der Waals surface area (Å²) in [5, 5.41) is 4.19. The summed E-state index contributed by atoms with van der Waals surface area (Å²) >= 11 is 0. The second kappa shape index (κ2) is 4.47. The van der Waals surface area contributed by atoms with Gasteiger partial charge in [0, 0.05) is 43.7 Å². The highest BCUT2D eigenvalue weighted by Gasteiger charge is 2.15. The highest BCUT2D eigenvalue weighted by atomic mass is 19.1. The van der Waals surface area contributed by atoms with Crippen LogP contribution in [0.25, 0.3) is 11.0 Å². The number of halogens is 1. The smallest absolute Gasteiger partial charge is 0.134 e. The molecule has 2 heterocycles. The van der Waals surface area contributed by atoms with Crippen LogP contribution < -0.4 is 5.32 Å². The van der Waals surface area contributed by atoms with Gasteiger partial charge in [-0.2, -0.15) is 0 Å². The van der Waals surface area contributed by atoms with E-state index in [1.54, 1.807) is 12.3 Å². The van der Waals surface area contributed by atoms with Crippen LogP contribution >= 0.6 is 0 Å². The predicted molar refractivity (Wildman–Crippen MR) is 64.3 cm³/mol. The van der Waals surface area contributed by atoms with E-state index in [-0.39, 0.29) is 5.82 Å². The van der Waals surface area contributed by atoms with Crippen LogP contribution in [0.1, 0.15) is 5.56 Å². The van der Waals surface area contributed by atoms with Crippen LogP contribution in [0.4, 0.5) is 4.39 Å². The van der Waals surface area contributed by atoms with Crippen LogP contribution in [-0.4, -0.2) is 31.1 Å². The van der Waals surface area contributed by atoms with Gasteiger partial charge in [-0.15, -0.1) is 0 Å². The van der Waals surface area contributed by atoms with E-state index in [9.17, 15) is 4.39 Å². The first-order valence-electron chi connectivity index (χ1n) is 5.92. The summed E-state index contributed by atoms with van der Waals surface area (Å²) in [6.07, 6.45) is 1.62. The summed E-state index contributed by atoms with van der Waals surface area (Å²) in [4.78, 5) is 2.27. The van der Waals surface area contributed by atoms with Gasteiger partial charge in [0.05, 0.1) is 6.26 Å². The maximum absolute atomic E-state index is 13.9. The Labute approximate surface area is 99.2 Å². The quantitative estimate of drug-likeness (QED) is 0.861. The normalized spacial score (nSPS) is 17.7. The van der Waals surface area contributed by atoms with E-state index in [1.807, 2.05) is 6.07 Å². The second-order valence-corrected chi connectivity index (χ2v) is 4.38. The highest BCUT2D eigenvalue weighted by Crippen LogP contribution is 2.24. The molecule has 90 valence electrons. The first-order valence-corrected chi connectivity index (χ1v) is 5.92. The van der Waals surface area contributed by atoms with Gasteiger partial charge in [0.25, 0.3) is 0 Å². The molecule has 1 aliphatic heterocycles. The lowest BCUT2D eigenvalue weighted by molar-refractivity contribution is 0.231. The Morgan fingerprint density at radius 1 is 1.24 bits per heavy atom. The molecule has 1 aromatic heterocycles. The van der Waals surface area contributed by atoms with E-state index < -0.39 is 0 Å². The maximum Gasteiger partial charge on any atom is 0.134 e. The zero-order valence-corrected chi connectivity index (χ0v) is 9.58. The Balaban J connectivity index is 1.92. The SMILES string of the molecule is Fc1ccc2occc2c1CN1CCNCC1. The van der Waals surface area contributed by atoms with E-state index in [4.69, 9.17) is 4.42 Å². The van der Waals surface area contributed by atoms with Crippen molar-refractivity contribution < 1.29 is 8.81 Å². The van der Waals surface area contributed by atoms with Gasteiger partial charge in [0.1, 0.15) is 11.4 Å². The standard InChI is InChI=1S/C13H15FN2O/c14-12-1-2-13-10(3-8-17-13)11(12)9-16-6-4-15-5-7-16/h1-3,8,15H,4-7,9H2. The molecule has 1 saturated heterocycles. The third-order valence-corrected chi connectivity index (χ3v) is 3.28. The monoisotopic (exact) mass is 234 g/mol. The molecule has 0 radical (unpaired) electrons. The van der Waals surface area contributed by atoms with Crippen LogP contribution in [0.5, 0.6) is 0 Å². The van der Waals surface area contributed by atoms with E-state index in [2.05, 4.69) is 10.2 Å². The third kappa shape index (κ3) is 2.06. The molecule has 1 N–H and O–H groups in total. The molecule has 4 heteroatoms. The number of hydrogen-bond donors (Lipinski definition) is 1. The van der Waals surface area contributed by atoms with E-state index in [0.29, 0.717) is 6.54 Å². The van der Waals surface area contributed by atoms with Gasteiger partial charge in [0.2, 0.25) is 0 Å². The number of furan rings is 1. The van der Waals surface area contributed by atoms with Gasteiger partial charge < -0.3 is 9.73 Å². The Morgan fingerprint density at radius 3 is 2.88 bits per heavy atom. The van der Waals surface area contributed by atoms with Gasteiger partial charge in [0.15, 0.2) is 0 Å². The molecule has 1 aromatic carbocycles. The highest BCUT2D eigenvalue weighted by molar-refractivity contribution is 5.81. The number of nitrogens with zero attached hydrogens (tertiary/aromatic N) is 1. The second-order valence-electron chi connectivity index (χ2n) is 4.38. The molecule has 1 fully saturated rings. The van der Waals surface area contributed by atoms with Crippen molar-refractivity contribution in [3.8, 4) is 0 Å². The molecule has 3 rings (SSSR count). The summed E-state index contributed by atoms with van der Waals surface area (Å²) < 4.78 is 19.2. The van der Waals surface area contributed by atoms with Crippen LogP contribution in [0.3, 0.4) is 0 Å². The number of benzene rings is 1. The predicted octanol–water partition coefficient (Wildman–Crippen LogP) is 1.98. The third-order valence-electron chi connectivity index (χ3n) is 3.28. The first-order chi connectivity index (χ1) is 8.34. The molecule has 3 nitrogen and oxygen atoms in total. The van der Waals surface area contributed by atoms with Crippen molar-refractivity contribution >= 4 is 11.0 Å². The van der Waals surface area contributed by atoms with Gasteiger partial charge >= 0.3 is 0 Å². The lowest BCUT2D eigenvalue weighted by atomic mass is 10.1. The summed E-state index contributed by atoms with van der Waals surface area (Å²) in [7, 11) is 0. The minimum absolute atomic E-state index is 0.141. The van der Waals surface area contributed by atoms with Gasteiger partial charge in [-0.25, -0.2) is 4.39 Å². The zero-order valence-electron chi connectivity index (χ0n) is 9.58. The molecule has 17 heavy (non-hydrogen) atoms. The Hall–Kier alpha value is -1.39. The number of nitrogens with one attached hydrogen (secondary N) is 1. The van der Waals surface area contributed by atoms with Crippen molar-refractivity contribution in [3.05, 3.63) is 35.8 Å². The molecular formula is C13H15FN2O. The van der Waals surface area contributed by atoms with Crippen LogP contribution in [0, 0.1) is 5.82 Å². The number of hydrogen-bond acceptors (Lipinski definition) is 3. The lowest BCUT2D eigenvalue weighted by Crippen LogP contribution is -2.43. The van der Waals surface area contributed by atoms with Gasteiger partial charge in [-0.1, -0.05) is 0 Å². The average Bonchev–Trinajstić information content (AvgIpc) is 2.83. The lowest BCUT2D eigenvalue weighted by Gasteiger charge is -2.27. The fourth-order valence-electron chi connectivity index (χ4n) is 2.33. The summed E-state index contributed by atoms with van der Waals surface area (Å²) in [5.41, 5.74) is 1.51. The Morgan fingerprint density at radius 2 is 2.06 bits per heavy atom. The molecule has 0 unspecified atom stereocenters. The Bertz CT molecular complexity index is 517. The van der Waals surface area contributed by atoms with Gasteiger partial charge in [-0.3, -0.25) is 4.90 Å². The number of piperazine rings is 1. The summed E-state index contributed by atoms with van der Waals surface area (Å²) in [5.74, 6) is -0.141. The van der Waals surface area contributed by atoms with E-state index in [1.165, 1.54) is 6.07 Å². The maximum atomic E-state index is 13.9. The van der Waals surface area contributed by atoms with Gasteiger partial charge in [-0.05, 0) is 18.2 Å². The zero-order chi connectivity index (χ0) is 11.7. The van der Waals surface area contributed by atoms with Crippen molar-refractivity contribution in [1.29, 1.82) is 0 Å². The fourth-order valence-corrected chi connectivity index (χ4v) is 2.33. The summed E-state index contributed by atoms with van der Waals surface area (Å²) in [6, 6.07) is 5.02. The van der Waals surface area contributed by atoms with Crippen LogP contribution in [0.15, 0.2) is 28.9 Å². The molecule has 0 amide bonds. The number of rotatable bonds is 2.